The van der Waals surface area contributed by atoms with Gasteiger partial charge in [-0.25, -0.2) is 13.2 Å². The number of nitrogens with zero attached hydrogens (tertiary/aromatic N) is 2. The van der Waals surface area contributed by atoms with Crippen LogP contribution in [0.2, 0.25) is 0 Å². The zero-order chi connectivity index (χ0) is 28.1. The van der Waals surface area contributed by atoms with Gasteiger partial charge in [-0.05, 0) is 57.1 Å². The van der Waals surface area contributed by atoms with Gasteiger partial charge in [0, 0.05) is 35.3 Å². The highest BCUT2D eigenvalue weighted by atomic mass is 32.2. The van der Waals surface area contributed by atoms with Crippen molar-refractivity contribution in [3.05, 3.63) is 46.2 Å². The molecule has 2 aromatic rings. The number of para-hydroxylation sites is 1. The monoisotopic (exact) mass is 577 g/mol. The molecule has 0 aliphatic carbocycles. The van der Waals surface area contributed by atoms with Crippen molar-refractivity contribution in [2.45, 2.75) is 37.4 Å². The van der Waals surface area contributed by atoms with E-state index in [0.29, 0.717) is 12.4 Å². The summed E-state index contributed by atoms with van der Waals surface area (Å²) in [6.07, 6.45) is -3.45. The number of fused-ring (bicyclic) bond motifs is 1. The zero-order valence-electron chi connectivity index (χ0n) is 21.0. The summed E-state index contributed by atoms with van der Waals surface area (Å²) >= 11 is 1.82. The second kappa shape index (κ2) is 12.0. The molecule has 1 aromatic heterocycles. The number of ether oxygens (including phenoxy) is 1. The maximum absolute atomic E-state index is 13.4. The molecule has 210 valence electrons. The summed E-state index contributed by atoms with van der Waals surface area (Å²) in [5.74, 6) is -2.71. The molecule has 3 heterocycles. The minimum atomic E-state index is -5.08. The Labute approximate surface area is 223 Å². The Hall–Kier alpha value is -2.68. The van der Waals surface area contributed by atoms with Crippen LogP contribution in [0.4, 0.5) is 13.2 Å². The molecule has 0 bridgehead atoms. The number of carboxylic acids is 1. The topological polar surface area (TPSA) is 116 Å². The first kappa shape index (κ1) is 29.9. The zero-order valence-corrected chi connectivity index (χ0v) is 22.6. The van der Waals surface area contributed by atoms with Crippen molar-refractivity contribution in [2.75, 3.05) is 39.8 Å². The highest BCUT2D eigenvalue weighted by molar-refractivity contribution is 7.89. The van der Waals surface area contributed by atoms with E-state index in [2.05, 4.69) is 29.3 Å². The Morgan fingerprint density at radius 2 is 1.79 bits per heavy atom. The molecule has 0 atom stereocenters. The van der Waals surface area contributed by atoms with Crippen molar-refractivity contribution in [3.8, 4) is 5.75 Å². The molecule has 1 fully saturated rings. The molecule has 1 aromatic carbocycles. The fourth-order valence-corrected chi connectivity index (χ4v) is 6.89. The van der Waals surface area contributed by atoms with Crippen molar-refractivity contribution < 1.29 is 41.0 Å². The molecule has 2 N–H and O–H groups in total. The van der Waals surface area contributed by atoms with Crippen molar-refractivity contribution in [3.63, 3.8) is 0 Å². The number of alkyl halides is 3. The highest BCUT2D eigenvalue weighted by Crippen LogP contribution is 2.39. The quantitative estimate of drug-likeness (QED) is 0.574. The summed E-state index contributed by atoms with van der Waals surface area (Å²) in [5, 5.41) is 9.68. The number of nitrogens with one attached hydrogen (secondary N) is 1. The third-order valence-corrected chi connectivity index (χ3v) is 9.26. The number of halogens is 3. The maximum Gasteiger partial charge on any atom is 0.490 e. The van der Waals surface area contributed by atoms with Gasteiger partial charge in [0.25, 0.3) is 0 Å². The second-order valence-corrected chi connectivity index (χ2v) is 12.6. The number of hydrogen-bond donors (Lipinski definition) is 2. The van der Waals surface area contributed by atoms with Gasteiger partial charge in [0.2, 0.25) is 15.9 Å². The molecule has 2 aliphatic rings. The molecule has 2 aliphatic heterocycles. The normalized spacial score (nSPS) is 19.2. The van der Waals surface area contributed by atoms with Crippen LogP contribution in [0.1, 0.15) is 22.6 Å². The molecule has 0 unspecified atom stereocenters. The van der Waals surface area contributed by atoms with E-state index in [1.165, 1.54) is 21.1 Å². The Morgan fingerprint density at radius 3 is 2.34 bits per heavy atom. The van der Waals surface area contributed by atoms with E-state index in [0.717, 1.165) is 32.5 Å². The molecule has 1 spiro atoms. The fourth-order valence-electron chi connectivity index (χ4n) is 4.32. The number of carbonyl (C=O) groups excluding carboxylic acids is 1. The molecule has 14 heteroatoms. The van der Waals surface area contributed by atoms with Gasteiger partial charge >= 0.3 is 12.1 Å². The number of benzene rings is 1. The molecule has 38 heavy (non-hydrogen) atoms. The first-order valence-electron chi connectivity index (χ1n) is 11.8. The fraction of sp³-hybridized carbons (Fsp3) is 0.500. The number of sulfonamides is 1. The first-order chi connectivity index (χ1) is 17.8. The summed E-state index contributed by atoms with van der Waals surface area (Å²) in [4.78, 5) is 26.2. The highest BCUT2D eigenvalue weighted by Gasteiger charge is 2.43. The Bertz CT molecular complexity index is 1240. The minimum Gasteiger partial charge on any atom is -0.492 e. The summed E-state index contributed by atoms with van der Waals surface area (Å²) < 4.78 is 66.0. The van der Waals surface area contributed by atoms with Crippen LogP contribution in [-0.2, 0) is 26.2 Å². The van der Waals surface area contributed by atoms with Crippen LogP contribution in [0.5, 0.6) is 5.75 Å². The maximum atomic E-state index is 13.4. The average Bonchev–Trinajstić information content (AvgIpc) is 3.27. The predicted octanol–water partition coefficient (Wildman–Crippen LogP) is 3.10. The van der Waals surface area contributed by atoms with E-state index in [1.54, 1.807) is 24.3 Å². The molecule has 1 amide bonds. The first-order valence-corrected chi connectivity index (χ1v) is 14.0. The smallest absolute Gasteiger partial charge is 0.490 e. The Kier molecular flexibility index (Phi) is 9.44. The average molecular weight is 578 g/mol. The van der Waals surface area contributed by atoms with Crippen molar-refractivity contribution in [2.24, 2.45) is 5.41 Å². The van der Waals surface area contributed by atoms with Crippen LogP contribution >= 0.6 is 11.3 Å². The number of piperidine rings is 1. The number of thiophene rings is 1. The summed E-state index contributed by atoms with van der Waals surface area (Å²) in [6.45, 7) is 5.31. The molecular weight excluding hydrogens is 547 g/mol. The van der Waals surface area contributed by atoms with Gasteiger partial charge in [0.1, 0.15) is 10.6 Å². The number of carboxylic acid groups (broad SMARTS) is 1. The van der Waals surface area contributed by atoms with Gasteiger partial charge in [0.15, 0.2) is 0 Å². The third kappa shape index (κ3) is 7.46. The van der Waals surface area contributed by atoms with Gasteiger partial charge in [-0.3, -0.25) is 9.69 Å². The van der Waals surface area contributed by atoms with Crippen LogP contribution in [0.3, 0.4) is 0 Å². The van der Waals surface area contributed by atoms with Crippen molar-refractivity contribution >= 4 is 33.2 Å². The second-order valence-electron chi connectivity index (χ2n) is 9.27. The number of likely N-dealkylation sites (N-methyl/N-ethyl adjacent to an activating group) is 1. The van der Waals surface area contributed by atoms with E-state index in [9.17, 15) is 26.4 Å². The summed E-state index contributed by atoms with van der Waals surface area (Å²) in [6, 6.07) is 11.0. The molecule has 9 nitrogen and oxygen atoms in total. The van der Waals surface area contributed by atoms with Gasteiger partial charge in [-0.1, -0.05) is 12.1 Å². The lowest BCUT2D eigenvalue weighted by Crippen LogP contribution is -2.53. The number of rotatable bonds is 4. The molecule has 4 rings (SSSR count). The van der Waals surface area contributed by atoms with Crippen molar-refractivity contribution in [1.82, 2.24) is 14.5 Å². The Balaban J connectivity index is 0.000000505. The SMILES string of the molecule is CNC(=O)CN1CC2(CCN(Cc3ccc(C)s3)CC2)COc2ccccc2S1(=O)=O.O=C(O)C(F)(F)F. The predicted molar refractivity (Wildman–Crippen MR) is 134 cm³/mol. The molecule has 1 saturated heterocycles. The van der Waals surface area contributed by atoms with E-state index in [1.807, 2.05) is 11.3 Å². The van der Waals surface area contributed by atoms with Crippen LogP contribution < -0.4 is 10.1 Å². The van der Waals surface area contributed by atoms with Crippen LogP contribution in [0.15, 0.2) is 41.3 Å². The summed E-state index contributed by atoms with van der Waals surface area (Å²) in [7, 11) is -2.32. The number of aryl methyl sites for hydroxylation is 1. The van der Waals surface area contributed by atoms with Crippen LogP contribution in [0, 0.1) is 12.3 Å². The van der Waals surface area contributed by atoms with Gasteiger partial charge in [0.05, 0.1) is 13.2 Å². The summed E-state index contributed by atoms with van der Waals surface area (Å²) in [5.41, 5.74) is -0.323. The van der Waals surface area contributed by atoms with E-state index >= 15 is 0 Å². The van der Waals surface area contributed by atoms with Crippen LogP contribution in [0.25, 0.3) is 0 Å². The lowest BCUT2D eigenvalue weighted by atomic mass is 9.78. The number of aliphatic carboxylic acids is 1. The van der Waals surface area contributed by atoms with E-state index in [-0.39, 0.29) is 29.3 Å². The van der Waals surface area contributed by atoms with Gasteiger partial charge in [-0.15, -0.1) is 11.3 Å². The molecule has 0 saturated carbocycles. The van der Waals surface area contributed by atoms with Gasteiger partial charge in [-0.2, -0.15) is 17.5 Å². The molecular formula is C24H30F3N3O6S2. The largest absolute Gasteiger partial charge is 0.492 e. The number of amides is 1. The number of hydrogen-bond acceptors (Lipinski definition) is 7. The number of carbonyl (C=O) groups is 2. The van der Waals surface area contributed by atoms with Crippen LogP contribution in [-0.4, -0.2) is 80.6 Å². The van der Waals surface area contributed by atoms with Gasteiger partial charge < -0.3 is 15.2 Å². The lowest BCUT2D eigenvalue weighted by Gasteiger charge is -2.44. The molecule has 0 radical (unpaired) electrons. The Morgan fingerprint density at radius 1 is 1.16 bits per heavy atom. The lowest BCUT2D eigenvalue weighted by molar-refractivity contribution is -0.192. The van der Waals surface area contributed by atoms with E-state index < -0.39 is 22.2 Å². The minimum absolute atomic E-state index is 0.124. The van der Waals surface area contributed by atoms with E-state index in [4.69, 9.17) is 14.6 Å². The third-order valence-electron chi connectivity index (χ3n) is 6.45. The van der Waals surface area contributed by atoms with Crippen molar-refractivity contribution in [1.29, 1.82) is 0 Å². The number of likely N-dealkylation sites (tertiary alicyclic amines) is 1. The standard InChI is InChI=1S/C22H29N3O4S2.C2HF3O2/c1-17-7-8-18(30-17)13-24-11-9-22(10-12-24)15-25(14-21(26)23-2)31(27,28)20-6-4-3-5-19(20)29-16-22;3-2(4,5)1(6)7/h3-8H,9-16H2,1-2H3,(H,23,26);(H,6,7).